The van der Waals surface area contributed by atoms with Crippen molar-refractivity contribution in [2.24, 2.45) is 0 Å². The van der Waals surface area contributed by atoms with Crippen LogP contribution in [0.25, 0.3) is 0 Å². The van der Waals surface area contributed by atoms with E-state index < -0.39 is 0 Å². The molecule has 156 valence electrons. The molecule has 3 aromatic rings. The monoisotopic (exact) mass is 462 g/mol. The van der Waals surface area contributed by atoms with Crippen LogP contribution in [-0.2, 0) is 13.0 Å². The topological polar surface area (TPSA) is 22.9 Å². The van der Waals surface area contributed by atoms with Crippen LogP contribution in [0.15, 0.2) is 54.6 Å². The van der Waals surface area contributed by atoms with Crippen molar-refractivity contribution in [2.45, 2.75) is 19.0 Å². The van der Waals surface area contributed by atoms with Gasteiger partial charge in [-0.15, -0.1) is 0 Å². The van der Waals surface area contributed by atoms with E-state index in [0.29, 0.717) is 16.6 Å². The number of quaternary nitrogens is 1. The molecule has 1 heterocycles. The predicted molar refractivity (Wildman–Crippen MR) is 123 cm³/mol. The third kappa shape index (κ3) is 4.13. The lowest BCUT2D eigenvalue weighted by Gasteiger charge is -2.35. The van der Waals surface area contributed by atoms with Gasteiger partial charge in [0.1, 0.15) is 12.6 Å². The third-order valence-electron chi connectivity index (χ3n) is 5.73. The fourth-order valence-electron chi connectivity index (χ4n) is 4.30. The Morgan fingerprint density at radius 3 is 2.23 bits per heavy atom. The molecule has 1 aliphatic rings. The van der Waals surface area contributed by atoms with Crippen molar-refractivity contribution in [2.75, 3.05) is 20.8 Å². The zero-order valence-corrected chi connectivity index (χ0v) is 19.1. The van der Waals surface area contributed by atoms with Crippen molar-refractivity contribution in [1.29, 1.82) is 0 Å². The SMILES string of the molecule is COc1cc2c(cc1OC)[C@@H](c1cccc(Cl)c1)[NH+](Cc1c(Cl)cccc1Cl)CC2. The van der Waals surface area contributed by atoms with Crippen LogP contribution in [0.5, 0.6) is 11.5 Å². The van der Waals surface area contributed by atoms with Crippen molar-refractivity contribution in [3.8, 4) is 11.5 Å². The molecule has 2 atom stereocenters. The Morgan fingerprint density at radius 2 is 1.57 bits per heavy atom. The van der Waals surface area contributed by atoms with Gasteiger partial charge in [-0.05, 0) is 42.0 Å². The van der Waals surface area contributed by atoms with Gasteiger partial charge in [0, 0.05) is 28.1 Å². The molecule has 4 rings (SSSR count). The van der Waals surface area contributed by atoms with Gasteiger partial charge in [-0.1, -0.05) is 53.0 Å². The van der Waals surface area contributed by atoms with Gasteiger partial charge in [-0.25, -0.2) is 0 Å². The Labute approximate surface area is 192 Å². The summed E-state index contributed by atoms with van der Waals surface area (Å²) in [6.07, 6.45) is 0.921. The number of fused-ring (bicyclic) bond motifs is 1. The molecule has 0 aromatic heterocycles. The zero-order chi connectivity index (χ0) is 21.3. The number of benzene rings is 3. The minimum atomic E-state index is 0.0691. The first-order chi connectivity index (χ1) is 14.5. The summed E-state index contributed by atoms with van der Waals surface area (Å²) < 4.78 is 11.1. The second kappa shape index (κ2) is 9.07. The van der Waals surface area contributed by atoms with E-state index in [1.54, 1.807) is 14.2 Å². The van der Waals surface area contributed by atoms with Crippen LogP contribution in [0.1, 0.15) is 28.3 Å². The number of methoxy groups -OCH3 is 2. The molecule has 0 spiro atoms. The molecule has 0 amide bonds. The van der Waals surface area contributed by atoms with Crippen LogP contribution in [0.3, 0.4) is 0 Å². The van der Waals surface area contributed by atoms with Gasteiger partial charge in [-0.3, -0.25) is 0 Å². The third-order valence-corrected chi connectivity index (χ3v) is 6.67. The molecule has 3 nitrogen and oxygen atoms in total. The molecule has 1 N–H and O–H groups in total. The smallest absolute Gasteiger partial charge is 0.161 e. The van der Waals surface area contributed by atoms with Gasteiger partial charge < -0.3 is 14.4 Å². The first kappa shape index (κ1) is 21.3. The summed E-state index contributed by atoms with van der Waals surface area (Å²) >= 11 is 19.4. The highest BCUT2D eigenvalue weighted by atomic mass is 35.5. The molecule has 0 saturated heterocycles. The number of ether oxygens (including phenoxy) is 2. The van der Waals surface area contributed by atoms with Crippen molar-refractivity contribution in [3.63, 3.8) is 0 Å². The first-order valence-electron chi connectivity index (χ1n) is 9.79. The second-order valence-corrected chi connectivity index (χ2v) is 8.68. The van der Waals surface area contributed by atoms with Crippen molar-refractivity contribution < 1.29 is 14.4 Å². The first-order valence-corrected chi connectivity index (χ1v) is 10.9. The number of hydrogen-bond donors (Lipinski definition) is 1. The van der Waals surface area contributed by atoms with Crippen LogP contribution in [0.4, 0.5) is 0 Å². The summed E-state index contributed by atoms with van der Waals surface area (Å²) in [5.41, 5.74) is 4.58. The number of hydrogen-bond acceptors (Lipinski definition) is 2. The van der Waals surface area contributed by atoms with Crippen LogP contribution < -0.4 is 14.4 Å². The molecule has 0 fully saturated rings. The number of nitrogens with one attached hydrogen (secondary N) is 1. The molecule has 1 unspecified atom stereocenters. The van der Waals surface area contributed by atoms with Gasteiger partial charge in [0.15, 0.2) is 11.5 Å². The van der Waals surface area contributed by atoms with E-state index >= 15 is 0 Å². The molecule has 0 saturated carbocycles. The summed E-state index contributed by atoms with van der Waals surface area (Å²) in [6, 6.07) is 18.0. The lowest BCUT2D eigenvalue weighted by atomic mass is 9.87. The minimum Gasteiger partial charge on any atom is -0.493 e. The summed E-state index contributed by atoms with van der Waals surface area (Å²) in [5.74, 6) is 1.47. The van der Waals surface area contributed by atoms with Gasteiger partial charge in [0.05, 0.1) is 30.8 Å². The fraction of sp³-hybridized carbons (Fsp3) is 0.250. The van der Waals surface area contributed by atoms with E-state index in [1.807, 2.05) is 36.4 Å². The molecule has 30 heavy (non-hydrogen) atoms. The Balaban J connectivity index is 1.83. The van der Waals surface area contributed by atoms with E-state index in [1.165, 1.54) is 16.0 Å². The highest BCUT2D eigenvalue weighted by molar-refractivity contribution is 6.35. The molecular weight excluding hydrogens is 441 g/mol. The number of halogens is 3. The van der Waals surface area contributed by atoms with Crippen molar-refractivity contribution >= 4 is 34.8 Å². The molecule has 0 bridgehead atoms. The van der Waals surface area contributed by atoms with Crippen molar-refractivity contribution in [1.82, 2.24) is 0 Å². The molecule has 3 aromatic carbocycles. The lowest BCUT2D eigenvalue weighted by molar-refractivity contribution is -0.941. The van der Waals surface area contributed by atoms with Gasteiger partial charge in [0.2, 0.25) is 0 Å². The molecule has 0 aliphatic carbocycles. The summed E-state index contributed by atoms with van der Waals surface area (Å²) in [4.78, 5) is 1.35. The van der Waals surface area contributed by atoms with E-state index in [0.717, 1.165) is 40.6 Å². The average molecular weight is 464 g/mol. The molecule has 0 radical (unpaired) electrons. The standard InChI is InChI=1S/C24H22Cl3NO2/c1-29-22-12-15-9-10-28(14-19-20(26)7-4-8-21(19)27)24(18(15)13-23(22)30-2)16-5-3-6-17(25)11-16/h3-8,11-13,24H,9-10,14H2,1-2H3/p+1/t24-/m1/s1. The van der Waals surface area contributed by atoms with Crippen molar-refractivity contribution in [3.05, 3.63) is 91.9 Å². The number of rotatable bonds is 5. The average Bonchev–Trinajstić information content (AvgIpc) is 2.75. The Bertz CT molecular complexity index is 1050. The normalized spacial score (nSPS) is 18.0. The molecule has 1 aliphatic heterocycles. The maximum Gasteiger partial charge on any atom is 0.161 e. The highest BCUT2D eigenvalue weighted by Gasteiger charge is 2.34. The summed E-state index contributed by atoms with van der Waals surface area (Å²) in [5, 5.41) is 2.10. The Kier molecular flexibility index (Phi) is 6.45. The van der Waals surface area contributed by atoms with Gasteiger partial charge >= 0.3 is 0 Å². The Hall–Kier alpha value is -1.91. The maximum absolute atomic E-state index is 6.50. The largest absolute Gasteiger partial charge is 0.493 e. The highest BCUT2D eigenvalue weighted by Crippen LogP contribution is 2.37. The van der Waals surface area contributed by atoms with Gasteiger partial charge in [0.25, 0.3) is 0 Å². The van der Waals surface area contributed by atoms with Crippen LogP contribution in [-0.4, -0.2) is 20.8 Å². The van der Waals surface area contributed by atoms with E-state index in [9.17, 15) is 0 Å². The predicted octanol–water partition coefficient (Wildman–Crippen LogP) is 5.39. The lowest BCUT2D eigenvalue weighted by Crippen LogP contribution is -3.12. The maximum atomic E-state index is 6.50. The fourth-order valence-corrected chi connectivity index (χ4v) is 5.03. The van der Waals surface area contributed by atoms with Gasteiger partial charge in [-0.2, -0.15) is 0 Å². The summed E-state index contributed by atoms with van der Waals surface area (Å²) in [7, 11) is 3.33. The van der Waals surface area contributed by atoms with E-state index in [-0.39, 0.29) is 6.04 Å². The quantitative estimate of drug-likeness (QED) is 0.548. The second-order valence-electron chi connectivity index (χ2n) is 7.43. The Morgan fingerprint density at radius 1 is 0.900 bits per heavy atom. The van der Waals surface area contributed by atoms with Crippen LogP contribution in [0, 0.1) is 0 Å². The van der Waals surface area contributed by atoms with E-state index in [4.69, 9.17) is 44.3 Å². The zero-order valence-electron chi connectivity index (χ0n) is 16.8. The van der Waals surface area contributed by atoms with E-state index in [2.05, 4.69) is 18.2 Å². The molecule has 6 heteroatoms. The molecular formula is C24H23Cl3NO2+. The minimum absolute atomic E-state index is 0.0691. The van der Waals surface area contributed by atoms with Crippen LogP contribution in [0.2, 0.25) is 15.1 Å². The van der Waals surface area contributed by atoms with Crippen LogP contribution >= 0.6 is 34.8 Å². The summed E-state index contributed by atoms with van der Waals surface area (Å²) in [6.45, 7) is 1.64.